The third kappa shape index (κ3) is 3.51. The first-order valence-corrected chi connectivity index (χ1v) is 9.44. The minimum absolute atomic E-state index is 0.00812. The maximum Gasteiger partial charge on any atom is 0.256 e. The fourth-order valence-corrected chi connectivity index (χ4v) is 3.73. The molecular formula is C21H23ClN2O2. The van der Waals surface area contributed by atoms with Crippen LogP contribution in [0.25, 0.3) is 0 Å². The summed E-state index contributed by atoms with van der Waals surface area (Å²) in [6, 6.07) is 5.21. The van der Waals surface area contributed by atoms with Crippen LogP contribution < -0.4 is 5.32 Å². The molecular weight excluding hydrogens is 348 g/mol. The molecule has 0 unspecified atom stereocenters. The molecule has 26 heavy (non-hydrogen) atoms. The summed E-state index contributed by atoms with van der Waals surface area (Å²) in [6.45, 7) is 5.69. The first-order valence-electron chi connectivity index (χ1n) is 9.07. The number of aromatic nitrogens is 1. The van der Waals surface area contributed by atoms with Crippen LogP contribution in [0.4, 0.5) is 5.69 Å². The van der Waals surface area contributed by atoms with Crippen molar-refractivity contribution in [2.75, 3.05) is 5.32 Å². The number of carbonyl (C=O) groups excluding carboxylic acids is 2. The summed E-state index contributed by atoms with van der Waals surface area (Å²) < 4.78 is 0. The molecule has 0 radical (unpaired) electrons. The number of fused-ring (bicyclic) bond motifs is 1. The van der Waals surface area contributed by atoms with E-state index >= 15 is 0 Å². The van der Waals surface area contributed by atoms with Gasteiger partial charge in [-0.15, -0.1) is 0 Å². The second-order valence-electron chi connectivity index (χ2n) is 6.95. The van der Waals surface area contributed by atoms with E-state index in [4.69, 9.17) is 11.6 Å². The van der Waals surface area contributed by atoms with E-state index in [1.807, 2.05) is 20.8 Å². The number of Topliss-reactive ketones (excluding diaryl/α,β-unsaturated/α-hetero) is 1. The third-order valence-corrected chi connectivity index (χ3v) is 5.03. The average Bonchev–Trinajstić information content (AvgIpc) is 3.09. The molecule has 0 fully saturated rings. The molecule has 1 aromatic carbocycles. The molecule has 0 saturated carbocycles. The standard InChI is InChI=1S/C21H23ClN2O2/c1-4-13-10-14(22)11-18(19(13)20(25)12(2)3)24-21(26)16-8-9-23-17-7-5-6-15(16)17/h8-12H,4-7H2,1-3H3,(H,24,26). The van der Waals surface area contributed by atoms with Crippen LogP contribution >= 0.6 is 11.6 Å². The minimum Gasteiger partial charge on any atom is -0.321 e. The molecule has 2 aromatic rings. The van der Waals surface area contributed by atoms with Gasteiger partial charge in [0.15, 0.2) is 5.78 Å². The zero-order valence-corrected chi connectivity index (χ0v) is 16.1. The topological polar surface area (TPSA) is 59.1 Å². The number of pyridine rings is 1. The van der Waals surface area contributed by atoms with Gasteiger partial charge in [-0.1, -0.05) is 32.4 Å². The first-order chi connectivity index (χ1) is 12.4. The molecule has 1 aliphatic rings. The average molecular weight is 371 g/mol. The van der Waals surface area contributed by atoms with Crippen LogP contribution in [0.2, 0.25) is 5.02 Å². The predicted molar refractivity (Wildman–Crippen MR) is 104 cm³/mol. The number of aryl methyl sites for hydroxylation is 2. The van der Waals surface area contributed by atoms with Crippen LogP contribution in [-0.2, 0) is 19.3 Å². The Kier molecular flexibility index (Phi) is 5.42. The Balaban J connectivity index is 2.02. The fourth-order valence-electron chi connectivity index (χ4n) is 3.49. The summed E-state index contributed by atoms with van der Waals surface area (Å²) in [7, 11) is 0. The molecule has 3 rings (SSSR count). The summed E-state index contributed by atoms with van der Waals surface area (Å²) in [6.07, 6.45) is 5.13. The van der Waals surface area contributed by atoms with Gasteiger partial charge in [0.05, 0.1) is 5.69 Å². The van der Waals surface area contributed by atoms with E-state index in [0.29, 0.717) is 28.3 Å². The van der Waals surface area contributed by atoms with Gasteiger partial charge in [0.2, 0.25) is 0 Å². The van der Waals surface area contributed by atoms with E-state index in [2.05, 4.69) is 10.3 Å². The molecule has 4 nitrogen and oxygen atoms in total. The number of anilines is 1. The SMILES string of the molecule is CCc1cc(Cl)cc(NC(=O)c2ccnc3c2CCC3)c1C(=O)C(C)C. The summed E-state index contributed by atoms with van der Waals surface area (Å²) >= 11 is 6.24. The molecule has 1 amide bonds. The van der Waals surface area contributed by atoms with Crippen LogP contribution in [0.15, 0.2) is 24.4 Å². The molecule has 0 spiro atoms. The highest BCUT2D eigenvalue weighted by Gasteiger charge is 2.24. The van der Waals surface area contributed by atoms with Crippen LogP contribution in [0.1, 0.15) is 64.7 Å². The van der Waals surface area contributed by atoms with Gasteiger partial charge in [-0.25, -0.2) is 0 Å². The summed E-state index contributed by atoms with van der Waals surface area (Å²) in [4.78, 5) is 30.1. The van der Waals surface area contributed by atoms with Crippen LogP contribution in [-0.4, -0.2) is 16.7 Å². The molecule has 0 bridgehead atoms. The van der Waals surface area contributed by atoms with Crippen molar-refractivity contribution in [3.63, 3.8) is 0 Å². The molecule has 1 aromatic heterocycles. The van der Waals surface area contributed by atoms with Crippen molar-refractivity contribution in [2.45, 2.75) is 46.5 Å². The molecule has 1 heterocycles. The van der Waals surface area contributed by atoms with E-state index in [-0.39, 0.29) is 17.6 Å². The Morgan fingerprint density at radius 3 is 2.73 bits per heavy atom. The van der Waals surface area contributed by atoms with Crippen molar-refractivity contribution in [1.82, 2.24) is 4.98 Å². The fraction of sp³-hybridized carbons (Fsp3) is 0.381. The molecule has 5 heteroatoms. The number of nitrogens with zero attached hydrogens (tertiary/aromatic N) is 1. The second-order valence-corrected chi connectivity index (χ2v) is 7.39. The maximum absolute atomic E-state index is 12.9. The number of carbonyl (C=O) groups is 2. The molecule has 1 aliphatic carbocycles. The van der Waals surface area contributed by atoms with Gasteiger partial charge in [0.1, 0.15) is 0 Å². The second kappa shape index (κ2) is 7.58. The van der Waals surface area contributed by atoms with Crippen molar-refractivity contribution in [2.24, 2.45) is 5.92 Å². The first kappa shape index (κ1) is 18.6. The van der Waals surface area contributed by atoms with E-state index in [9.17, 15) is 9.59 Å². The number of hydrogen-bond acceptors (Lipinski definition) is 3. The summed E-state index contributed by atoms with van der Waals surface area (Å²) in [5.74, 6) is -0.372. The number of ketones is 1. The van der Waals surface area contributed by atoms with Crippen LogP contribution in [0.3, 0.4) is 0 Å². The summed E-state index contributed by atoms with van der Waals surface area (Å²) in [5.41, 5.74) is 4.54. The smallest absolute Gasteiger partial charge is 0.256 e. The predicted octanol–water partition coefficient (Wildman–Crippen LogP) is 4.88. The number of nitrogens with one attached hydrogen (secondary N) is 1. The van der Waals surface area contributed by atoms with Gasteiger partial charge in [-0.3, -0.25) is 14.6 Å². The van der Waals surface area contributed by atoms with Gasteiger partial charge in [0, 0.05) is 34.0 Å². The van der Waals surface area contributed by atoms with Crippen molar-refractivity contribution in [3.8, 4) is 0 Å². The van der Waals surface area contributed by atoms with E-state index in [1.54, 1.807) is 24.4 Å². The quantitative estimate of drug-likeness (QED) is 0.763. The Morgan fingerprint density at radius 2 is 2.04 bits per heavy atom. The number of rotatable bonds is 5. The van der Waals surface area contributed by atoms with Crippen LogP contribution in [0.5, 0.6) is 0 Å². The zero-order valence-electron chi connectivity index (χ0n) is 15.4. The van der Waals surface area contributed by atoms with Crippen molar-refractivity contribution < 1.29 is 9.59 Å². The lowest BCUT2D eigenvalue weighted by Gasteiger charge is -2.17. The third-order valence-electron chi connectivity index (χ3n) is 4.81. The molecule has 0 atom stereocenters. The highest BCUT2D eigenvalue weighted by molar-refractivity contribution is 6.31. The Morgan fingerprint density at radius 1 is 1.27 bits per heavy atom. The van der Waals surface area contributed by atoms with Crippen molar-refractivity contribution in [3.05, 3.63) is 57.4 Å². The Hall–Kier alpha value is -2.20. The molecule has 0 aliphatic heterocycles. The Bertz CT molecular complexity index is 875. The van der Waals surface area contributed by atoms with Gasteiger partial charge >= 0.3 is 0 Å². The number of amides is 1. The van der Waals surface area contributed by atoms with E-state index in [0.717, 1.165) is 36.1 Å². The number of halogens is 1. The van der Waals surface area contributed by atoms with Gasteiger partial charge < -0.3 is 5.32 Å². The van der Waals surface area contributed by atoms with E-state index < -0.39 is 0 Å². The number of benzene rings is 1. The Labute approximate surface area is 159 Å². The largest absolute Gasteiger partial charge is 0.321 e. The molecule has 0 saturated heterocycles. The highest BCUT2D eigenvalue weighted by Crippen LogP contribution is 2.30. The van der Waals surface area contributed by atoms with E-state index in [1.165, 1.54) is 0 Å². The van der Waals surface area contributed by atoms with Gasteiger partial charge in [-0.2, -0.15) is 0 Å². The molecule has 1 N–H and O–H groups in total. The lowest BCUT2D eigenvalue weighted by atomic mass is 9.93. The van der Waals surface area contributed by atoms with Gasteiger partial charge in [-0.05, 0) is 55.0 Å². The normalized spacial score (nSPS) is 13.0. The molecule has 136 valence electrons. The monoisotopic (exact) mass is 370 g/mol. The number of hydrogen-bond donors (Lipinski definition) is 1. The highest BCUT2D eigenvalue weighted by atomic mass is 35.5. The van der Waals surface area contributed by atoms with Crippen LogP contribution in [0, 0.1) is 5.92 Å². The lowest BCUT2D eigenvalue weighted by molar-refractivity contribution is 0.0939. The summed E-state index contributed by atoms with van der Waals surface area (Å²) in [5, 5.41) is 3.45. The van der Waals surface area contributed by atoms with Crippen molar-refractivity contribution >= 4 is 29.0 Å². The zero-order chi connectivity index (χ0) is 18.8. The van der Waals surface area contributed by atoms with Gasteiger partial charge in [0.25, 0.3) is 5.91 Å². The maximum atomic E-state index is 12.9. The van der Waals surface area contributed by atoms with Crippen molar-refractivity contribution in [1.29, 1.82) is 0 Å². The minimum atomic E-state index is -0.215. The lowest BCUT2D eigenvalue weighted by Crippen LogP contribution is -2.19.